The highest BCUT2D eigenvalue weighted by atomic mass is 32.1. The van der Waals surface area contributed by atoms with Gasteiger partial charge in [0.15, 0.2) is 5.96 Å². The third-order valence-electron chi connectivity index (χ3n) is 3.42. The molecule has 0 bridgehead atoms. The minimum Gasteiger partial charge on any atom is -0.356 e. The van der Waals surface area contributed by atoms with Crippen molar-refractivity contribution in [2.75, 3.05) is 33.2 Å². The van der Waals surface area contributed by atoms with Gasteiger partial charge in [0.1, 0.15) is 5.01 Å². The van der Waals surface area contributed by atoms with Gasteiger partial charge < -0.3 is 15.5 Å². The molecule has 1 aromatic heterocycles. The highest BCUT2D eigenvalue weighted by Gasteiger charge is 2.03. The van der Waals surface area contributed by atoms with E-state index in [9.17, 15) is 0 Å². The van der Waals surface area contributed by atoms with Gasteiger partial charge in [0.05, 0.1) is 6.54 Å². The smallest absolute Gasteiger partial charge is 0.191 e. The van der Waals surface area contributed by atoms with Crippen molar-refractivity contribution in [3.8, 4) is 0 Å². The predicted octanol–water partition coefficient (Wildman–Crippen LogP) is 2.10. The molecule has 120 valence electrons. The first-order chi connectivity index (χ1) is 10.2. The summed E-state index contributed by atoms with van der Waals surface area (Å²) < 4.78 is 0. The summed E-state index contributed by atoms with van der Waals surface area (Å²) in [5.41, 5.74) is 0. The fourth-order valence-electron chi connectivity index (χ4n) is 2.02. The van der Waals surface area contributed by atoms with Crippen LogP contribution in [0.25, 0.3) is 0 Å². The molecule has 0 aromatic carbocycles. The molecule has 0 atom stereocenters. The summed E-state index contributed by atoms with van der Waals surface area (Å²) in [6, 6.07) is 0. The lowest BCUT2D eigenvalue weighted by Crippen LogP contribution is -2.38. The predicted molar refractivity (Wildman–Crippen MR) is 92.1 cm³/mol. The number of guanidine groups is 1. The Morgan fingerprint density at radius 2 is 2.05 bits per heavy atom. The second-order valence-electron chi connectivity index (χ2n) is 4.81. The second kappa shape index (κ2) is 10.6. The third kappa shape index (κ3) is 6.91. The van der Waals surface area contributed by atoms with Crippen LogP contribution in [0, 0.1) is 0 Å². The van der Waals surface area contributed by atoms with Gasteiger partial charge in [0, 0.05) is 24.7 Å². The highest BCUT2D eigenvalue weighted by Crippen LogP contribution is 2.12. The molecule has 2 N–H and O–H groups in total. The molecule has 0 unspecified atom stereocenters. The third-order valence-corrected chi connectivity index (χ3v) is 4.56. The molecule has 0 aliphatic rings. The Balaban J connectivity index is 2.23. The van der Waals surface area contributed by atoms with Gasteiger partial charge in [-0.05, 0) is 32.5 Å². The van der Waals surface area contributed by atoms with Crippen LogP contribution in [-0.2, 0) is 13.0 Å². The zero-order valence-corrected chi connectivity index (χ0v) is 14.6. The van der Waals surface area contributed by atoms with E-state index in [-0.39, 0.29) is 0 Å². The number of hydrogen-bond donors (Lipinski definition) is 2. The van der Waals surface area contributed by atoms with Gasteiger partial charge in [-0.1, -0.05) is 20.8 Å². The molecular formula is C15H29N5S. The Labute approximate surface area is 132 Å². The van der Waals surface area contributed by atoms with E-state index in [1.807, 2.05) is 6.20 Å². The normalized spacial score (nSPS) is 12.0. The minimum absolute atomic E-state index is 0.736. The number of nitrogens with one attached hydrogen (secondary N) is 2. The van der Waals surface area contributed by atoms with Gasteiger partial charge in [-0.3, -0.25) is 4.99 Å². The van der Waals surface area contributed by atoms with Crippen molar-refractivity contribution < 1.29 is 0 Å². The first kappa shape index (κ1) is 17.9. The van der Waals surface area contributed by atoms with Gasteiger partial charge in [0.2, 0.25) is 0 Å². The Hall–Kier alpha value is -1.14. The van der Waals surface area contributed by atoms with Crippen LogP contribution in [0.15, 0.2) is 11.2 Å². The molecule has 1 rings (SSSR count). The summed E-state index contributed by atoms with van der Waals surface area (Å²) in [7, 11) is 1.80. The van der Waals surface area contributed by atoms with E-state index in [2.05, 4.69) is 46.3 Å². The van der Waals surface area contributed by atoms with Crippen molar-refractivity contribution in [3.63, 3.8) is 0 Å². The molecule has 1 aromatic rings. The molecule has 6 heteroatoms. The maximum Gasteiger partial charge on any atom is 0.191 e. The van der Waals surface area contributed by atoms with Crippen molar-refractivity contribution in [2.45, 2.75) is 40.2 Å². The largest absolute Gasteiger partial charge is 0.356 e. The monoisotopic (exact) mass is 311 g/mol. The topological polar surface area (TPSA) is 52.6 Å². The lowest BCUT2D eigenvalue weighted by molar-refractivity contribution is 0.300. The van der Waals surface area contributed by atoms with E-state index in [4.69, 9.17) is 0 Å². The zero-order chi connectivity index (χ0) is 15.5. The van der Waals surface area contributed by atoms with Crippen molar-refractivity contribution in [1.29, 1.82) is 0 Å². The van der Waals surface area contributed by atoms with Gasteiger partial charge >= 0.3 is 0 Å². The molecule has 0 radical (unpaired) electrons. The Morgan fingerprint density at radius 1 is 1.29 bits per heavy atom. The van der Waals surface area contributed by atoms with E-state index >= 15 is 0 Å². The molecule has 0 aliphatic carbocycles. The summed E-state index contributed by atoms with van der Waals surface area (Å²) in [6.45, 7) is 11.6. The maximum absolute atomic E-state index is 4.40. The van der Waals surface area contributed by atoms with E-state index in [1.54, 1.807) is 18.4 Å². The Kier molecular flexibility index (Phi) is 9.01. The van der Waals surface area contributed by atoms with Crippen molar-refractivity contribution in [3.05, 3.63) is 16.1 Å². The number of nitrogens with zero attached hydrogens (tertiary/aromatic N) is 3. The van der Waals surface area contributed by atoms with Crippen LogP contribution in [-0.4, -0.2) is 49.1 Å². The molecule has 0 aliphatic heterocycles. The summed E-state index contributed by atoms with van der Waals surface area (Å²) in [6.07, 6.45) is 4.14. The molecule has 5 nitrogen and oxygen atoms in total. The maximum atomic E-state index is 4.40. The van der Waals surface area contributed by atoms with E-state index in [0.29, 0.717) is 0 Å². The molecular weight excluding hydrogens is 282 g/mol. The Morgan fingerprint density at radius 3 is 2.62 bits per heavy atom. The Bertz CT molecular complexity index is 412. The molecule has 0 saturated heterocycles. The summed E-state index contributed by atoms with van der Waals surface area (Å²) in [5, 5.41) is 7.77. The van der Waals surface area contributed by atoms with Gasteiger partial charge in [-0.2, -0.15) is 0 Å². The molecule has 0 amide bonds. The van der Waals surface area contributed by atoms with E-state index in [0.717, 1.165) is 56.5 Å². The number of rotatable bonds is 9. The van der Waals surface area contributed by atoms with Crippen LogP contribution in [0.2, 0.25) is 0 Å². The molecule has 1 heterocycles. The van der Waals surface area contributed by atoms with Gasteiger partial charge in [-0.15, -0.1) is 11.3 Å². The number of aryl methyl sites for hydroxylation is 1. The number of aromatic nitrogens is 1. The average Bonchev–Trinajstić information content (AvgIpc) is 2.98. The average molecular weight is 311 g/mol. The van der Waals surface area contributed by atoms with Crippen molar-refractivity contribution in [2.24, 2.45) is 4.99 Å². The first-order valence-electron chi connectivity index (χ1n) is 7.83. The lowest BCUT2D eigenvalue weighted by atomic mass is 10.3. The summed E-state index contributed by atoms with van der Waals surface area (Å²) >= 11 is 1.76. The zero-order valence-electron chi connectivity index (χ0n) is 13.8. The molecule has 21 heavy (non-hydrogen) atoms. The van der Waals surface area contributed by atoms with E-state index < -0.39 is 0 Å². The fourth-order valence-corrected chi connectivity index (χ4v) is 2.82. The van der Waals surface area contributed by atoms with Crippen LogP contribution in [0.1, 0.15) is 37.1 Å². The second-order valence-corrected chi connectivity index (χ2v) is 6.01. The molecule has 0 fully saturated rings. The van der Waals surface area contributed by atoms with Crippen LogP contribution in [0.3, 0.4) is 0 Å². The van der Waals surface area contributed by atoms with Crippen molar-refractivity contribution >= 4 is 17.3 Å². The SMILES string of the molecule is CCc1cnc(CNC(=NC)NCCCN(CC)CC)s1. The molecule has 0 saturated carbocycles. The number of aliphatic imine (C=N–C) groups is 1. The number of hydrogen-bond acceptors (Lipinski definition) is 4. The van der Waals surface area contributed by atoms with Crippen molar-refractivity contribution in [1.82, 2.24) is 20.5 Å². The van der Waals surface area contributed by atoms with Crippen LogP contribution < -0.4 is 10.6 Å². The first-order valence-corrected chi connectivity index (χ1v) is 8.65. The van der Waals surface area contributed by atoms with Gasteiger partial charge in [-0.25, -0.2) is 4.98 Å². The van der Waals surface area contributed by atoms with Crippen LogP contribution in [0.4, 0.5) is 0 Å². The summed E-state index contributed by atoms with van der Waals surface area (Å²) in [5.74, 6) is 0.850. The van der Waals surface area contributed by atoms with Gasteiger partial charge in [0.25, 0.3) is 0 Å². The molecule has 0 spiro atoms. The number of thiazole rings is 1. The highest BCUT2D eigenvalue weighted by molar-refractivity contribution is 7.11. The van der Waals surface area contributed by atoms with Crippen LogP contribution >= 0.6 is 11.3 Å². The quantitative estimate of drug-likeness (QED) is 0.417. The van der Waals surface area contributed by atoms with Crippen LogP contribution in [0.5, 0.6) is 0 Å². The minimum atomic E-state index is 0.736. The summed E-state index contributed by atoms with van der Waals surface area (Å²) in [4.78, 5) is 12.4. The lowest BCUT2D eigenvalue weighted by Gasteiger charge is -2.18. The fraction of sp³-hybridized carbons (Fsp3) is 0.733. The standard InChI is InChI=1S/C15H29N5S/c1-5-13-11-18-14(21-13)12-19-15(16-4)17-9-8-10-20(6-2)7-3/h11H,5-10,12H2,1-4H3,(H2,16,17,19). The van der Waals surface area contributed by atoms with E-state index in [1.165, 1.54) is 4.88 Å².